The fourth-order valence-corrected chi connectivity index (χ4v) is 5.42. The Kier molecular flexibility index (Phi) is 7.90. The van der Waals surface area contributed by atoms with E-state index in [1.54, 1.807) is 30.3 Å². The first kappa shape index (κ1) is 24.2. The van der Waals surface area contributed by atoms with Gasteiger partial charge >= 0.3 is 0 Å². The molecule has 1 unspecified atom stereocenters. The summed E-state index contributed by atoms with van der Waals surface area (Å²) in [6.07, 6.45) is 2.41. The van der Waals surface area contributed by atoms with Crippen molar-refractivity contribution in [2.24, 2.45) is 5.92 Å². The quantitative estimate of drug-likeness (QED) is 0.614. The molecule has 1 fully saturated rings. The first-order chi connectivity index (χ1) is 15.2. The van der Waals surface area contributed by atoms with Crippen molar-refractivity contribution >= 4 is 15.9 Å². The zero-order valence-electron chi connectivity index (χ0n) is 18.7. The van der Waals surface area contributed by atoms with Crippen molar-refractivity contribution in [3.63, 3.8) is 0 Å². The SMILES string of the molecule is CCOc1ccc(S(=O)(=O)NC2CCC(C(=O)NC(C)c3ccc(F)cc3)CC2)cc1C. The Balaban J connectivity index is 1.53. The highest BCUT2D eigenvalue weighted by atomic mass is 32.2. The van der Waals surface area contributed by atoms with Crippen molar-refractivity contribution in [1.82, 2.24) is 10.0 Å². The van der Waals surface area contributed by atoms with Crippen molar-refractivity contribution in [1.29, 1.82) is 0 Å². The third-order valence-corrected chi connectivity index (χ3v) is 7.42. The number of nitrogens with one attached hydrogen (secondary N) is 2. The summed E-state index contributed by atoms with van der Waals surface area (Å²) in [5.74, 6) is 0.151. The summed E-state index contributed by atoms with van der Waals surface area (Å²) < 4.78 is 47.0. The highest BCUT2D eigenvalue weighted by molar-refractivity contribution is 7.89. The molecule has 6 nitrogen and oxygen atoms in total. The lowest BCUT2D eigenvalue weighted by Gasteiger charge is -2.29. The van der Waals surface area contributed by atoms with E-state index in [4.69, 9.17) is 4.74 Å². The first-order valence-electron chi connectivity index (χ1n) is 11.0. The minimum Gasteiger partial charge on any atom is -0.494 e. The predicted molar refractivity (Wildman–Crippen MR) is 121 cm³/mol. The summed E-state index contributed by atoms with van der Waals surface area (Å²) in [7, 11) is -3.65. The van der Waals surface area contributed by atoms with Crippen molar-refractivity contribution in [2.75, 3.05) is 6.61 Å². The lowest BCUT2D eigenvalue weighted by molar-refractivity contribution is -0.126. The third-order valence-electron chi connectivity index (χ3n) is 5.91. The van der Waals surface area contributed by atoms with Crippen LogP contribution in [0.3, 0.4) is 0 Å². The Hall–Kier alpha value is -2.45. The molecule has 1 aliphatic carbocycles. The van der Waals surface area contributed by atoms with Gasteiger partial charge in [-0.1, -0.05) is 12.1 Å². The standard InChI is InChI=1S/C24H31FN2O4S/c1-4-31-23-14-13-22(15-16(23)2)32(29,30)27-21-11-7-19(8-12-21)24(28)26-17(3)18-5-9-20(25)10-6-18/h5-6,9-10,13-15,17,19,21,27H,4,7-8,11-12H2,1-3H3,(H,26,28). The van der Waals surface area contributed by atoms with Gasteiger partial charge in [-0.15, -0.1) is 0 Å². The van der Waals surface area contributed by atoms with Crippen LogP contribution in [0, 0.1) is 18.7 Å². The van der Waals surface area contributed by atoms with Crippen LogP contribution in [0.25, 0.3) is 0 Å². The molecule has 32 heavy (non-hydrogen) atoms. The normalized spacial score (nSPS) is 19.9. The zero-order valence-corrected chi connectivity index (χ0v) is 19.5. The molecule has 0 aliphatic heterocycles. The number of ether oxygens (including phenoxy) is 1. The second kappa shape index (κ2) is 10.4. The molecule has 2 aromatic carbocycles. The van der Waals surface area contributed by atoms with Crippen LogP contribution in [0.1, 0.15) is 56.7 Å². The van der Waals surface area contributed by atoms with Crippen molar-refractivity contribution < 1.29 is 22.3 Å². The molecule has 2 N–H and O–H groups in total. The van der Waals surface area contributed by atoms with Crippen LogP contribution in [-0.2, 0) is 14.8 Å². The van der Waals surface area contributed by atoms with Crippen LogP contribution >= 0.6 is 0 Å². The summed E-state index contributed by atoms with van der Waals surface area (Å²) >= 11 is 0. The van der Waals surface area contributed by atoms with E-state index in [1.165, 1.54) is 12.1 Å². The molecule has 2 aromatic rings. The Morgan fingerprint density at radius 1 is 1.12 bits per heavy atom. The van der Waals surface area contributed by atoms with E-state index in [0.29, 0.717) is 38.0 Å². The molecule has 0 saturated heterocycles. The molecule has 0 heterocycles. The fourth-order valence-electron chi connectivity index (χ4n) is 4.03. The highest BCUT2D eigenvalue weighted by Gasteiger charge is 2.30. The Morgan fingerprint density at radius 3 is 2.38 bits per heavy atom. The Labute approximate surface area is 189 Å². The maximum Gasteiger partial charge on any atom is 0.240 e. The van der Waals surface area contributed by atoms with Gasteiger partial charge in [-0.25, -0.2) is 17.5 Å². The largest absolute Gasteiger partial charge is 0.494 e. The van der Waals surface area contributed by atoms with Crippen molar-refractivity contribution in [3.05, 3.63) is 59.4 Å². The van der Waals surface area contributed by atoms with E-state index in [2.05, 4.69) is 10.0 Å². The predicted octanol–water partition coefficient (Wildman–Crippen LogP) is 4.25. The summed E-state index contributed by atoms with van der Waals surface area (Å²) in [6, 6.07) is 10.5. The van der Waals surface area contributed by atoms with Gasteiger partial charge in [-0.3, -0.25) is 4.79 Å². The summed E-state index contributed by atoms with van der Waals surface area (Å²) in [5, 5.41) is 2.98. The van der Waals surface area contributed by atoms with Crippen LogP contribution < -0.4 is 14.8 Å². The number of halogens is 1. The van der Waals surface area contributed by atoms with Gasteiger partial charge in [0.05, 0.1) is 17.5 Å². The third kappa shape index (κ3) is 6.07. The van der Waals surface area contributed by atoms with Gasteiger partial charge in [0.2, 0.25) is 15.9 Å². The molecule has 0 aromatic heterocycles. The molecule has 8 heteroatoms. The summed E-state index contributed by atoms with van der Waals surface area (Å²) in [4.78, 5) is 12.9. The van der Waals surface area contributed by atoms with Crippen LogP contribution in [0.4, 0.5) is 4.39 Å². The number of sulfonamides is 1. The molecule has 0 spiro atoms. The zero-order chi connectivity index (χ0) is 23.3. The second-order valence-corrected chi connectivity index (χ2v) is 10.0. The van der Waals surface area contributed by atoms with E-state index in [0.717, 1.165) is 11.1 Å². The number of carbonyl (C=O) groups excluding carboxylic acids is 1. The van der Waals surface area contributed by atoms with Crippen LogP contribution in [0.15, 0.2) is 47.4 Å². The van der Waals surface area contributed by atoms with Crippen molar-refractivity contribution in [2.45, 2.75) is 63.4 Å². The first-order valence-corrected chi connectivity index (χ1v) is 12.5. The van der Waals surface area contributed by atoms with E-state index < -0.39 is 10.0 Å². The number of hydrogen-bond acceptors (Lipinski definition) is 4. The molecule has 1 saturated carbocycles. The number of benzene rings is 2. The maximum atomic E-state index is 13.1. The van der Waals surface area contributed by atoms with Crippen LogP contribution in [-0.4, -0.2) is 27.0 Å². The number of aryl methyl sites for hydroxylation is 1. The smallest absolute Gasteiger partial charge is 0.240 e. The molecule has 3 rings (SSSR count). The lowest BCUT2D eigenvalue weighted by Crippen LogP contribution is -2.41. The average molecular weight is 463 g/mol. The van der Waals surface area contributed by atoms with Gasteiger partial charge < -0.3 is 10.1 Å². The van der Waals surface area contributed by atoms with Crippen molar-refractivity contribution in [3.8, 4) is 5.75 Å². The van der Waals surface area contributed by atoms with Gasteiger partial charge in [-0.05, 0) is 87.9 Å². The monoisotopic (exact) mass is 462 g/mol. The van der Waals surface area contributed by atoms with E-state index in [-0.39, 0.29) is 34.6 Å². The van der Waals surface area contributed by atoms with Gasteiger partial charge in [0, 0.05) is 12.0 Å². The van der Waals surface area contributed by atoms with E-state index in [9.17, 15) is 17.6 Å². The fraction of sp³-hybridized carbons (Fsp3) is 0.458. The van der Waals surface area contributed by atoms with E-state index >= 15 is 0 Å². The number of hydrogen-bond donors (Lipinski definition) is 2. The van der Waals surface area contributed by atoms with Gasteiger partial charge in [0.25, 0.3) is 0 Å². The van der Waals surface area contributed by atoms with Gasteiger partial charge in [0.1, 0.15) is 11.6 Å². The number of carbonyl (C=O) groups is 1. The minimum atomic E-state index is -3.65. The average Bonchev–Trinajstić information content (AvgIpc) is 2.76. The number of rotatable bonds is 8. The van der Waals surface area contributed by atoms with Gasteiger partial charge in [0.15, 0.2) is 0 Å². The molecule has 1 aliphatic rings. The molecule has 1 amide bonds. The highest BCUT2D eigenvalue weighted by Crippen LogP contribution is 2.28. The number of amides is 1. The minimum absolute atomic E-state index is 0.0507. The molecular formula is C24H31FN2O4S. The second-order valence-electron chi connectivity index (χ2n) is 8.31. The Bertz CT molecular complexity index is 1030. The van der Waals surface area contributed by atoms with Crippen LogP contribution in [0.2, 0.25) is 0 Å². The van der Waals surface area contributed by atoms with E-state index in [1.807, 2.05) is 20.8 Å². The molecule has 0 bridgehead atoms. The topological polar surface area (TPSA) is 84.5 Å². The van der Waals surface area contributed by atoms with Crippen LogP contribution in [0.5, 0.6) is 5.75 Å². The maximum absolute atomic E-state index is 13.1. The van der Waals surface area contributed by atoms with Gasteiger partial charge in [-0.2, -0.15) is 0 Å². The molecule has 0 radical (unpaired) electrons. The molecular weight excluding hydrogens is 431 g/mol. The Morgan fingerprint density at radius 2 is 1.78 bits per heavy atom. The molecule has 1 atom stereocenters. The lowest BCUT2D eigenvalue weighted by atomic mass is 9.85. The summed E-state index contributed by atoms with van der Waals surface area (Å²) in [5.41, 5.74) is 1.61. The molecule has 174 valence electrons. The summed E-state index contributed by atoms with van der Waals surface area (Å²) in [6.45, 7) is 6.08.